The van der Waals surface area contributed by atoms with Gasteiger partial charge in [0.25, 0.3) is 0 Å². The van der Waals surface area contributed by atoms with E-state index in [2.05, 4.69) is 10.2 Å². The third kappa shape index (κ3) is 5.33. The molecule has 148 valence electrons. The van der Waals surface area contributed by atoms with Crippen molar-refractivity contribution in [1.82, 2.24) is 15.1 Å². The molecule has 2 fully saturated rings. The van der Waals surface area contributed by atoms with Crippen molar-refractivity contribution in [2.75, 3.05) is 53.1 Å². The normalized spacial score (nSPS) is 20.4. The van der Waals surface area contributed by atoms with Gasteiger partial charge in [-0.15, -0.1) is 0 Å². The molecule has 8 nitrogen and oxygen atoms in total. The third-order valence-corrected chi connectivity index (χ3v) is 4.84. The summed E-state index contributed by atoms with van der Waals surface area (Å²) in [5, 5.41) is 2.93. The molecule has 8 heteroatoms. The van der Waals surface area contributed by atoms with E-state index >= 15 is 0 Å². The molecule has 2 aliphatic rings. The second kappa shape index (κ2) is 9.57. The van der Waals surface area contributed by atoms with Crippen LogP contribution in [-0.2, 0) is 20.8 Å². The molecule has 1 aromatic rings. The number of hydrogen-bond acceptors (Lipinski definition) is 6. The highest BCUT2D eigenvalue weighted by atomic mass is 16.6. The zero-order valence-corrected chi connectivity index (χ0v) is 15.7. The Morgan fingerprint density at radius 2 is 2.00 bits per heavy atom. The number of rotatable bonds is 8. The Balaban J connectivity index is 1.46. The van der Waals surface area contributed by atoms with E-state index in [1.807, 2.05) is 24.3 Å². The lowest BCUT2D eigenvalue weighted by atomic mass is 10.1. The van der Waals surface area contributed by atoms with E-state index in [4.69, 9.17) is 14.2 Å². The van der Waals surface area contributed by atoms with Crippen molar-refractivity contribution >= 4 is 12.0 Å². The van der Waals surface area contributed by atoms with Crippen LogP contribution in [0.4, 0.5) is 4.79 Å². The standard InChI is InChI=1S/C19H27N3O5/c1-25-16-5-3-15(4-6-16)13-22-17(14-27-19(22)24)18(23)20-7-2-8-21-9-11-26-12-10-21/h3-6,17H,2,7-14H2,1H3,(H,20,23)/t17-/m0/s1. The van der Waals surface area contributed by atoms with E-state index in [1.54, 1.807) is 7.11 Å². The highest BCUT2D eigenvalue weighted by molar-refractivity contribution is 5.87. The Kier molecular flexibility index (Phi) is 6.89. The maximum absolute atomic E-state index is 12.5. The van der Waals surface area contributed by atoms with E-state index in [9.17, 15) is 9.59 Å². The number of morpholine rings is 1. The van der Waals surface area contributed by atoms with Crippen LogP contribution in [0.15, 0.2) is 24.3 Å². The van der Waals surface area contributed by atoms with E-state index < -0.39 is 12.1 Å². The first-order chi connectivity index (χ1) is 13.2. The second-order valence-corrected chi connectivity index (χ2v) is 6.67. The lowest BCUT2D eigenvalue weighted by Gasteiger charge is -2.26. The molecule has 0 aromatic heterocycles. The minimum atomic E-state index is -0.594. The minimum absolute atomic E-state index is 0.0876. The molecule has 0 radical (unpaired) electrons. The molecule has 1 atom stereocenters. The molecule has 0 bridgehead atoms. The molecule has 0 spiro atoms. The smallest absolute Gasteiger partial charge is 0.410 e. The van der Waals surface area contributed by atoms with Crippen LogP contribution in [0.25, 0.3) is 0 Å². The topological polar surface area (TPSA) is 80.3 Å². The lowest BCUT2D eigenvalue weighted by molar-refractivity contribution is -0.125. The monoisotopic (exact) mass is 377 g/mol. The summed E-state index contributed by atoms with van der Waals surface area (Å²) in [6, 6.07) is 6.82. The number of nitrogens with one attached hydrogen (secondary N) is 1. The fraction of sp³-hybridized carbons (Fsp3) is 0.579. The van der Waals surface area contributed by atoms with Crippen molar-refractivity contribution in [2.45, 2.75) is 19.0 Å². The van der Waals surface area contributed by atoms with Gasteiger partial charge < -0.3 is 19.5 Å². The average Bonchev–Trinajstić information content (AvgIpc) is 3.07. The van der Waals surface area contributed by atoms with Crippen LogP contribution in [0.2, 0.25) is 0 Å². The Morgan fingerprint density at radius 3 is 2.70 bits per heavy atom. The van der Waals surface area contributed by atoms with Crippen molar-refractivity contribution in [3.63, 3.8) is 0 Å². The van der Waals surface area contributed by atoms with Gasteiger partial charge in [-0.05, 0) is 30.7 Å². The first-order valence-electron chi connectivity index (χ1n) is 9.31. The number of cyclic esters (lactones) is 1. The maximum atomic E-state index is 12.5. The molecular weight excluding hydrogens is 350 g/mol. The lowest BCUT2D eigenvalue weighted by Crippen LogP contribution is -2.46. The molecule has 0 aliphatic carbocycles. The molecular formula is C19H27N3O5. The Bertz CT molecular complexity index is 631. The molecule has 2 saturated heterocycles. The summed E-state index contributed by atoms with van der Waals surface area (Å²) in [4.78, 5) is 28.3. The SMILES string of the molecule is COc1ccc(CN2C(=O)OC[C@H]2C(=O)NCCCN2CCOCC2)cc1. The summed E-state index contributed by atoms with van der Waals surface area (Å²) in [6.07, 6.45) is 0.408. The quantitative estimate of drug-likeness (QED) is 0.677. The van der Waals surface area contributed by atoms with Crippen molar-refractivity contribution < 1.29 is 23.8 Å². The van der Waals surface area contributed by atoms with Crippen LogP contribution >= 0.6 is 0 Å². The van der Waals surface area contributed by atoms with Gasteiger partial charge in [0.2, 0.25) is 5.91 Å². The summed E-state index contributed by atoms with van der Waals surface area (Å²) in [5.41, 5.74) is 0.916. The summed E-state index contributed by atoms with van der Waals surface area (Å²) in [5.74, 6) is 0.577. The van der Waals surface area contributed by atoms with Gasteiger partial charge in [-0.1, -0.05) is 12.1 Å². The van der Waals surface area contributed by atoms with Crippen molar-refractivity contribution in [2.24, 2.45) is 0 Å². The molecule has 2 amide bonds. The predicted molar refractivity (Wildman–Crippen MR) is 98.6 cm³/mol. The Labute approximate surface area is 159 Å². The summed E-state index contributed by atoms with van der Waals surface area (Å²) >= 11 is 0. The van der Waals surface area contributed by atoms with Crippen molar-refractivity contribution in [1.29, 1.82) is 0 Å². The molecule has 1 aromatic carbocycles. The van der Waals surface area contributed by atoms with Crippen LogP contribution in [0.3, 0.4) is 0 Å². The van der Waals surface area contributed by atoms with Gasteiger partial charge >= 0.3 is 6.09 Å². The molecule has 2 aliphatic heterocycles. The second-order valence-electron chi connectivity index (χ2n) is 6.67. The number of carbonyl (C=O) groups is 2. The van der Waals surface area contributed by atoms with Gasteiger partial charge in [0.15, 0.2) is 0 Å². The fourth-order valence-electron chi connectivity index (χ4n) is 3.23. The highest BCUT2D eigenvalue weighted by Crippen LogP contribution is 2.19. The van der Waals surface area contributed by atoms with E-state index in [-0.39, 0.29) is 12.5 Å². The molecule has 2 heterocycles. The summed E-state index contributed by atoms with van der Waals surface area (Å²) in [7, 11) is 1.60. The summed E-state index contributed by atoms with van der Waals surface area (Å²) < 4.78 is 15.6. The van der Waals surface area contributed by atoms with E-state index in [0.717, 1.165) is 50.6 Å². The Morgan fingerprint density at radius 1 is 1.26 bits per heavy atom. The largest absolute Gasteiger partial charge is 0.497 e. The molecule has 1 N–H and O–H groups in total. The van der Waals surface area contributed by atoms with E-state index in [0.29, 0.717) is 13.1 Å². The predicted octanol–water partition coefficient (Wildman–Crippen LogP) is 0.855. The van der Waals surface area contributed by atoms with Gasteiger partial charge in [-0.2, -0.15) is 0 Å². The van der Waals surface area contributed by atoms with Crippen LogP contribution in [0, 0.1) is 0 Å². The summed E-state index contributed by atoms with van der Waals surface area (Å²) in [6.45, 7) is 5.35. The van der Waals surface area contributed by atoms with Crippen molar-refractivity contribution in [3.8, 4) is 5.75 Å². The van der Waals surface area contributed by atoms with Gasteiger partial charge in [-0.25, -0.2) is 4.79 Å². The minimum Gasteiger partial charge on any atom is -0.497 e. The average molecular weight is 377 g/mol. The number of ether oxygens (including phenoxy) is 3. The number of nitrogens with zero attached hydrogens (tertiary/aromatic N) is 2. The maximum Gasteiger partial charge on any atom is 0.410 e. The van der Waals surface area contributed by atoms with Gasteiger partial charge in [0.1, 0.15) is 18.4 Å². The fourth-order valence-corrected chi connectivity index (χ4v) is 3.23. The van der Waals surface area contributed by atoms with Gasteiger partial charge in [-0.3, -0.25) is 14.6 Å². The highest BCUT2D eigenvalue weighted by Gasteiger charge is 2.37. The number of methoxy groups -OCH3 is 1. The number of benzene rings is 1. The first-order valence-corrected chi connectivity index (χ1v) is 9.31. The van der Waals surface area contributed by atoms with Crippen LogP contribution in [0.1, 0.15) is 12.0 Å². The van der Waals surface area contributed by atoms with Crippen LogP contribution in [0.5, 0.6) is 5.75 Å². The molecule has 3 rings (SSSR count). The zero-order valence-electron chi connectivity index (χ0n) is 15.7. The number of amides is 2. The number of carbonyl (C=O) groups excluding carboxylic acids is 2. The molecule has 0 unspecified atom stereocenters. The number of hydrogen-bond donors (Lipinski definition) is 1. The van der Waals surface area contributed by atoms with E-state index in [1.165, 1.54) is 4.90 Å². The molecule has 0 saturated carbocycles. The molecule has 27 heavy (non-hydrogen) atoms. The van der Waals surface area contributed by atoms with Gasteiger partial charge in [0.05, 0.1) is 26.9 Å². The van der Waals surface area contributed by atoms with Crippen molar-refractivity contribution in [3.05, 3.63) is 29.8 Å². The third-order valence-electron chi connectivity index (χ3n) is 4.84. The zero-order chi connectivity index (χ0) is 19.1. The van der Waals surface area contributed by atoms with Crippen LogP contribution in [-0.4, -0.2) is 81.0 Å². The van der Waals surface area contributed by atoms with Gasteiger partial charge in [0, 0.05) is 19.6 Å². The van der Waals surface area contributed by atoms with Crippen LogP contribution < -0.4 is 10.1 Å². The first kappa shape index (κ1) is 19.4. The Hall–Kier alpha value is -2.32.